The van der Waals surface area contributed by atoms with Gasteiger partial charge in [-0.05, 0) is 49.7 Å². The minimum atomic E-state index is -0.846. The molecule has 0 atom stereocenters. The molecule has 7 nitrogen and oxygen atoms in total. The summed E-state index contributed by atoms with van der Waals surface area (Å²) in [5, 5.41) is 7.31. The van der Waals surface area contributed by atoms with Crippen molar-refractivity contribution >= 4 is 41.2 Å². The number of carbonyl (C=O) groups excluding carboxylic acids is 2. The third kappa shape index (κ3) is 6.96. The zero-order valence-electron chi connectivity index (χ0n) is 16.2. The van der Waals surface area contributed by atoms with Crippen LogP contribution in [0.4, 0.5) is 0 Å². The van der Waals surface area contributed by atoms with Gasteiger partial charge >= 0.3 is 11.8 Å². The van der Waals surface area contributed by atoms with Crippen LogP contribution in [0.1, 0.15) is 25.0 Å². The standard InChI is InChI=1S/C20H21Cl2N3O4/c1-12(2)24-19(26)20(27)25-23-10-13-4-7-17(18(8-13)28-3)29-11-14-5-6-15(21)9-16(14)22/h4-10,12H,11H2,1-3H3,(H,24,26)(H,25,27)/b23-10-. The second-order valence-corrected chi connectivity index (χ2v) is 7.11. The van der Waals surface area contributed by atoms with Crippen molar-refractivity contribution in [3.63, 3.8) is 0 Å². The monoisotopic (exact) mass is 437 g/mol. The van der Waals surface area contributed by atoms with E-state index in [1.165, 1.54) is 13.3 Å². The van der Waals surface area contributed by atoms with E-state index in [1.807, 2.05) is 0 Å². The Morgan fingerprint density at radius 2 is 1.86 bits per heavy atom. The first-order chi connectivity index (χ1) is 13.8. The van der Waals surface area contributed by atoms with Crippen molar-refractivity contribution in [3.05, 3.63) is 57.6 Å². The van der Waals surface area contributed by atoms with E-state index in [0.29, 0.717) is 27.1 Å². The van der Waals surface area contributed by atoms with Crippen molar-refractivity contribution in [2.45, 2.75) is 26.5 Å². The fraction of sp³-hybridized carbons (Fsp3) is 0.250. The zero-order valence-corrected chi connectivity index (χ0v) is 17.7. The normalized spacial score (nSPS) is 10.8. The third-order valence-electron chi connectivity index (χ3n) is 3.59. The van der Waals surface area contributed by atoms with Crippen molar-refractivity contribution in [3.8, 4) is 11.5 Å². The van der Waals surface area contributed by atoms with Crippen LogP contribution < -0.4 is 20.2 Å². The third-order valence-corrected chi connectivity index (χ3v) is 4.18. The number of methoxy groups -OCH3 is 1. The highest BCUT2D eigenvalue weighted by atomic mass is 35.5. The Morgan fingerprint density at radius 3 is 2.52 bits per heavy atom. The van der Waals surface area contributed by atoms with Gasteiger partial charge in [-0.1, -0.05) is 29.3 Å². The molecular weight excluding hydrogens is 417 g/mol. The molecule has 29 heavy (non-hydrogen) atoms. The molecule has 0 aromatic heterocycles. The molecule has 0 bridgehead atoms. The van der Waals surface area contributed by atoms with Crippen LogP contribution in [0.5, 0.6) is 11.5 Å². The average molecular weight is 438 g/mol. The van der Waals surface area contributed by atoms with Crippen LogP contribution in [0.2, 0.25) is 10.0 Å². The summed E-state index contributed by atoms with van der Waals surface area (Å²) in [5.41, 5.74) is 3.59. The quantitative estimate of drug-likeness (QED) is 0.393. The van der Waals surface area contributed by atoms with Gasteiger partial charge in [-0.2, -0.15) is 5.10 Å². The highest BCUT2D eigenvalue weighted by Gasteiger charge is 2.13. The van der Waals surface area contributed by atoms with Crippen LogP contribution in [-0.2, 0) is 16.2 Å². The summed E-state index contributed by atoms with van der Waals surface area (Å²) in [6.45, 7) is 3.75. The summed E-state index contributed by atoms with van der Waals surface area (Å²) < 4.78 is 11.1. The Kier molecular flexibility index (Phi) is 8.30. The van der Waals surface area contributed by atoms with Crippen LogP contribution in [-0.4, -0.2) is 31.2 Å². The highest BCUT2D eigenvalue weighted by Crippen LogP contribution is 2.29. The first kappa shape index (κ1) is 22.5. The van der Waals surface area contributed by atoms with Crippen molar-refractivity contribution in [2.24, 2.45) is 5.10 Å². The zero-order chi connectivity index (χ0) is 21.4. The first-order valence-corrected chi connectivity index (χ1v) is 9.44. The van der Waals surface area contributed by atoms with Crippen LogP contribution >= 0.6 is 23.2 Å². The Bertz CT molecular complexity index is 917. The maximum Gasteiger partial charge on any atom is 0.329 e. The number of hydrogen-bond donors (Lipinski definition) is 2. The first-order valence-electron chi connectivity index (χ1n) is 8.68. The van der Waals surface area contributed by atoms with E-state index in [-0.39, 0.29) is 12.6 Å². The summed E-state index contributed by atoms with van der Waals surface area (Å²) in [5.74, 6) is -0.611. The molecule has 0 saturated carbocycles. The fourth-order valence-electron chi connectivity index (χ4n) is 2.22. The Labute approximate surface area is 179 Å². The number of nitrogens with zero attached hydrogens (tertiary/aromatic N) is 1. The van der Waals surface area contributed by atoms with E-state index in [0.717, 1.165) is 5.56 Å². The van der Waals surface area contributed by atoms with Crippen molar-refractivity contribution in [2.75, 3.05) is 7.11 Å². The number of carbonyl (C=O) groups is 2. The molecule has 2 N–H and O–H groups in total. The summed E-state index contributed by atoms with van der Waals surface area (Å²) >= 11 is 12.0. The molecule has 0 heterocycles. The second kappa shape index (κ2) is 10.7. The molecule has 0 fully saturated rings. The average Bonchev–Trinajstić information content (AvgIpc) is 2.67. The molecule has 0 spiro atoms. The van der Waals surface area contributed by atoms with Crippen LogP contribution in [0, 0.1) is 0 Å². The van der Waals surface area contributed by atoms with E-state index >= 15 is 0 Å². The number of hydrogen-bond acceptors (Lipinski definition) is 5. The van der Waals surface area contributed by atoms with Crippen molar-refractivity contribution in [1.29, 1.82) is 0 Å². The summed E-state index contributed by atoms with van der Waals surface area (Å²) in [7, 11) is 1.51. The highest BCUT2D eigenvalue weighted by molar-refractivity contribution is 6.35. The second-order valence-electron chi connectivity index (χ2n) is 6.26. The van der Waals surface area contributed by atoms with Crippen molar-refractivity contribution in [1.82, 2.24) is 10.7 Å². The predicted octanol–water partition coefficient (Wildman–Crippen LogP) is 3.56. The maximum absolute atomic E-state index is 11.6. The molecule has 0 saturated heterocycles. The topological polar surface area (TPSA) is 89.0 Å². The molecule has 2 amide bonds. The van der Waals surface area contributed by atoms with Gasteiger partial charge < -0.3 is 14.8 Å². The largest absolute Gasteiger partial charge is 0.493 e. The number of halogens is 2. The number of nitrogens with one attached hydrogen (secondary N) is 2. The number of ether oxygens (including phenoxy) is 2. The molecule has 2 rings (SSSR count). The van der Waals surface area contributed by atoms with Gasteiger partial charge in [-0.3, -0.25) is 9.59 Å². The number of hydrazone groups is 1. The minimum absolute atomic E-state index is 0.142. The SMILES string of the molecule is COc1cc(/C=N\NC(=O)C(=O)NC(C)C)ccc1OCc1ccc(Cl)cc1Cl. The van der Waals surface area contributed by atoms with E-state index in [1.54, 1.807) is 50.2 Å². The van der Waals surface area contributed by atoms with E-state index in [9.17, 15) is 9.59 Å². The van der Waals surface area contributed by atoms with Crippen LogP contribution in [0.25, 0.3) is 0 Å². The van der Waals surface area contributed by atoms with Gasteiger partial charge in [0.1, 0.15) is 6.61 Å². The fourth-order valence-corrected chi connectivity index (χ4v) is 2.68. The van der Waals surface area contributed by atoms with Gasteiger partial charge in [0.25, 0.3) is 0 Å². The Balaban J connectivity index is 2.00. The molecular formula is C20H21Cl2N3O4. The van der Waals surface area contributed by atoms with Crippen LogP contribution in [0.3, 0.4) is 0 Å². The van der Waals surface area contributed by atoms with Gasteiger partial charge in [0, 0.05) is 21.7 Å². The smallest absolute Gasteiger partial charge is 0.329 e. The number of benzene rings is 2. The van der Waals surface area contributed by atoms with Gasteiger partial charge in [-0.15, -0.1) is 0 Å². The van der Waals surface area contributed by atoms with E-state index in [2.05, 4.69) is 15.8 Å². The van der Waals surface area contributed by atoms with E-state index < -0.39 is 11.8 Å². The lowest BCUT2D eigenvalue weighted by atomic mass is 10.2. The van der Waals surface area contributed by atoms with Crippen LogP contribution in [0.15, 0.2) is 41.5 Å². The number of amides is 2. The molecule has 0 unspecified atom stereocenters. The van der Waals surface area contributed by atoms with Gasteiger partial charge in [0.2, 0.25) is 0 Å². The Hall–Kier alpha value is -2.77. The van der Waals surface area contributed by atoms with Gasteiger partial charge in [-0.25, -0.2) is 5.43 Å². The molecule has 0 radical (unpaired) electrons. The summed E-state index contributed by atoms with van der Waals surface area (Å²) in [6, 6.07) is 10.1. The molecule has 0 aliphatic carbocycles. The van der Waals surface area contributed by atoms with E-state index in [4.69, 9.17) is 32.7 Å². The summed E-state index contributed by atoms with van der Waals surface area (Å²) in [4.78, 5) is 23.1. The van der Waals surface area contributed by atoms with Gasteiger partial charge in [0.15, 0.2) is 11.5 Å². The predicted molar refractivity (Wildman–Crippen MR) is 113 cm³/mol. The molecule has 0 aliphatic rings. The van der Waals surface area contributed by atoms with Crippen molar-refractivity contribution < 1.29 is 19.1 Å². The molecule has 9 heteroatoms. The lowest BCUT2D eigenvalue weighted by Gasteiger charge is -2.12. The molecule has 0 aliphatic heterocycles. The molecule has 2 aromatic carbocycles. The van der Waals surface area contributed by atoms with Gasteiger partial charge in [0.05, 0.1) is 13.3 Å². The molecule has 2 aromatic rings. The number of rotatable bonds is 7. The lowest BCUT2D eigenvalue weighted by Crippen LogP contribution is -2.41. The Morgan fingerprint density at radius 1 is 1.10 bits per heavy atom. The molecule has 154 valence electrons. The summed E-state index contributed by atoms with van der Waals surface area (Å²) in [6.07, 6.45) is 1.39. The maximum atomic E-state index is 11.6. The lowest BCUT2D eigenvalue weighted by molar-refractivity contribution is -0.139. The minimum Gasteiger partial charge on any atom is -0.493 e.